The molecular weight excluding hydrogens is 397 g/mol. The zero-order chi connectivity index (χ0) is 18.9. The molecule has 0 aliphatic carbocycles. The third-order valence-corrected chi connectivity index (χ3v) is 6.03. The van der Waals surface area contributed by atoms with Gasteiger partial charge in [0.2, 0.25) is 11.9 Å². The monoisotopic (exact) mass is 411 g/mol. The molecule has 10 heteroatoms. The van der Waals surface area contributed by atoms with Gasteiger partial charge in [-0.05, 0) is 29.8 Å². The molecule has 0 aliphatic rings. The highest BCUT2D eigenvalue weighted by molar-refractivity contribution is 7.91. The molecule has 3 rings (SSSR count). The van der Waals surface area contributed by atoms with E-state index in [0.717, 1.165) is 0 Å². The number of nitrogens with one attached hydrogen (secondary N) is 2. The molecule has 0 bridgehead atoms. The maximum Gasteiger partial charge on any atom is 0.248 e. The van der Waals surface area contributed by atoms with Gasteiger partial charge in [-0.25, -0.2) is 13.5 Å². The van der Waals surface area contributed by atoms with Crippen LogP contribution in [0.5, 0.6) is 0 Å². The third kappa shape index (κ3) is 3.77. The fourth-order valence-electron chi connectivity index (χ4n) is 2.38. The van der Waals surface area contributed by atoms with Crippen LogP contribution in [0.4, 0.5) is 17.6 Å². The predicted molar refractivity (Wildman–Crippen MR) is 104 cm³/mol. The van der Waals surface area contributed by atoms with Crippen molar-refractivity contribution in [2.24, 2.45) is 0 Å². The van der Waals surface area contributed by atoms with Crippen molar-refractivity contribution in [3.05, 3.63) is 46.4 Å². The first-order valence-corrected chi connectivity index (χ1v) is 9.98. The molecule has 0 saturated heterocycles. The summed E-state index contributed by atoms with van der Waals surface area (Å²) in [6, 6.07) is 9.79. The number of rotatable bonds is 5. The largest absolute Gasteiger partial charge is 0.368 e. The molecule has 0 amide bonds. The molecule has 4 N–H and O–H groups in total. The number of hydrogen-bond acceptors (Lipinski definition) is 6. The number of nitrogens with two attached hydrogens (primary N) is 1. The second-order valence-corrected chi connectivity index (χ2v) is 8.50. The second kappa shape index (κ2) is 7.14. The molecule has 0 fully saturated rings. The van der Waals surface area contributed by atoms with Gasteiger partial charge in [0.15, 0.2) is 9.84 Å². The van der Waals surface area contributed by atoms with E-state index in [-0.39, 0.29) is 22.5 Å². The van der Waals surface area contributed by atoms with Gasteiger partial charge in [0.25, 0.3) is 0 Å². The van der Waals surface area contributed by atoms with Crippen molar-refractivity contribution in [3.8, 4) is 11.1 Å². The SMILES string of the molecule is CCS(=O)(=O)c1ccc(-c2c(Cl)cc(Nc3n[nH]c(N)n3)cc2Cl)cc1. The lowest BCUT2D eigenvalue weighted by molar-refractivity contribution is 0.597. The molecule has 7 nitrogen and oxygen atoms in total. The molecule has 0 saturated carbocycles. The Morgan fingerprint density at radius 1 is 1.15 bits per heavy atom. The van der Waals surface area contributed by atoms with E-state index < -0.39 is 9.84 Å². The van der Waals surface area contributed by atoms with Crippen molar-refractivity contribution in [1.29, 1.82) is 0 Å². The van der Waals surface area contributed by atoms with Crippen LogP contribution in [-0.4, -0.2) is 29.4 Å². The van der Waals surface area contributed by atoms with E-state index in [4.69, 9.17) is 28.9 Å². The van der Waals surface area contributed by atoms with E-state index >= 15 is 0 Å². The lowest BCUT2D eigenvalue weighted by Gasteiger charge is -2.11. The number of anilines is 3. The van der Waals surface area contributed by atoms with Crippen LogP contribution < -0.4 is 11.1 Å². The Bertz CT molecular complexity index is 1030. The van der Waals surface area contributed by atoms with Crippen LogP contribution in [0.15, 0.2) is 41.3 Å². The van der Waals surface area contributed by atoms with Gasteiger partial charge in [0.05, 0.1) is 20.7 Å². The Morgan fingerprint density at radius 2 is 1.77 bits per heavy atom. The Morgan fingerprint density at radius 3 is 2.27 bits per heavy atom. The number of sulfone groups is 1. The van der Waals surface area contributed by atoms with E-state index in [1.165, 1.54) is 0 Å². The number of aromatic amines is 1. The topological polar surface area (TPSA) is 114 Å². The summed E-state index contributed by atoms with van der Waals surface area (Å²) in [7, 11) is -3.26. The molecule has 0 aliphatic heterocycles. The Labute approximate surface area is 160 Å². The normalized spacial score (nSPS) is 11.5. The zero-order valence-corrected chi connectivity index (χ0v) is 16.0. The molecule has 1 aromatic heterocycles. The lowest BCUT2D eigenvalue weighted by atomic mass is 10.1. The van der Waals surface area contributed by atoms with Gasteiger partial charge in [0.1, 0.15) is 0 Å². The van der Waals surface area contributed by atoms with Crippen LogP contribution in [0.2, 0.25) is 10.0 Å². The van der Waals surface area contributed by atoms with Crippen molar-refractivity contribution >= 4 is 50.6 Å². The summed E-state index contributed by atoms with van der Waals surface area (Å²) < 4.78 is 23.8. The van der Waals surface area contributed by atoms with E-state index in [0.29, 0.717) is 26.9 Å². The molecule has 0 unspecified atom stereocenters. The van der Waals surface area contributed by atoms with Crippen LogP contribution in [0.25, 0.3) is 11.1 Å². The van der Waals surface area contributed by atoms with Gasteiger partial charge in [-0.3, -0.25) is 0 Å². The molecule has 0 spiro atoms. The highest BCUT2D eigenvalue weighted by Gasteiger charge is 2.15. The highest BCUT2D eigenvalue weighted by atomic mass is 35.5. The number of aromatic nitrogens is 3. The fourth-order valence-corrected chi connectivity index (χ4v) is 3.97. The Balaban J connectivity index is 1.93. The number of nitrogens with zero attached hydrogens (tertiary/aromatic N) is 2. The van der Waals surface area contributed by atoms with Gasteiger partial charge < -0.3 is 11.1 Å². The Kier molecular flexibility index (Phi) is 5.08. The van der Waals surface area contributed by atoms with Gasteiger partial charge in [0, 0.05) is 11.3 Å². The number of halogens is 2. The van der Waals surface area contributed by atoms with Crippen LogP contribution in [-0.2, 0) is 9.84 Å². The molecule has 3 aromatic rings. The summed E-state index contributed by atoms with van der Waals surface area (Å²) in [5, 5.41) is 10.1. The summed E-state index contributed by atoms with van der Waals surface area (Å²) in [5.41, 5.74) is 7.39. The summed E-state index contributed by atoms with van der Waals surface area (Å²) >= 11 is 12.8. The lowest BCUT2D eigenvalue weighted by Crippen LogP contribution is -2.03. The molecule has 2 aromatic carbocycles. The molecule has 0 atom stereocenters. The van der Waals surface area contributed by atoms with Crippen molar-refractivity contribution < 1.29 is 8.42 Å². The maximum absolute atomic E-state index is 11.9. The average Bonchev–Trinajstić information content (AvgIpc) is 2.99. The smallest absolute Gasteiger partial charge is 0.248 e. The van der Waals surface area contributed by atoms with Gasteiger partial charge >= 0.3 is 0 Å². The van der Waals surface area contributed by atoms with Gasteiger partial charge in [-0.15, -0.1) is 5.10 Å². The predicted octanol–water partition coefficient (Wildman–Crippen LogP) is 3.90. The Hall–Kier alpha value is -2.29. The minimum atomic E-state index is -3.26. The van der Waals surface area contributed by atoms with E-state index in [1.807, 2.05) is 0 Å². The molecular formula is C16H15Cl2N5O2S. The van der Waals surface area contributed by atoms with Crippen molar-refractivity contribution in [2.45, 2.75) is 11.8 Å². The van der Waals surface area contributed by atoms with Crippen LogP contribution >= 0.6 is 23.2 Å². The second-order valence-electron chi connectivity index (χ2n) is 5.41. The van der Waals surface area contributed by atoms with E-state index in [2.05, 4.69) is 20.5 Å². The van der Waals surface area contributed by atoms with Gasteiger partial charge in [-0.1, -0.05) is 42.3 Å². The number of H-pyrrole nitrogens is 1. The third-order valence-electron chi connectivity index (χ3n) is 3.68. The minimum absolute atomic E-state index is 0.0416. The molecule has 0 radical (unpaired) electrons. The van der Waals surface area contributed by atoms with Crippen molar-refractivity contribution in [3.63, 3.8) is 0 Å². The summed E-state index contributed by atoms with van der Waals surface area (Å²) in [6.07, 6.45) is 0. The average molecular weight is 412 g/mol. The highest BCUT2D eigenvalue weighted by Crippen LogP contribution is 2.38. The molecule has 26 heavy (non-hydrogen) atoms. The first-order chi connectivity index (χ1) is 12.3. The van der Waals surface area contributed by atoms with Crippen LogP contribution in [0.3, 0.4) is 0 Å². The van der Waals surface area contributed by atoms with Crippen LogP contribution in [0, 0.1) is 0 Å². The fraction of sp³-hybridized carbons (Fsp3) is 0.125. The first kappa shape index (κ1) is 18.5. The molecule has 1 heterocycles. The summed E-state index contributed by atoms with van der Waals surface area (Å²) in [4.78, 5) is 4.20. The van der Waals surface area contributed by atoms with Crippen LogP contribution in [0.1, 0.15) is 6.92 Å². The number of nitrogen functional groups attached to an aromatic ring is 1. The maximum atomic E-state index is 11.9. The molecule has 136 valence electrons. The standard InChI is InChI=1S/C16H15Cl2N5O2S/c1-2-26(24,25)11-5-3-9(4-6-11)14-12(17)7-10(8-13(14)18)20-16-21-15(19)22-23-16/h3-8H,2H2,1H3,(H4,19,20,21,22,23). The van der Waals surface area contributed by atoms with E-state index in [1.54, 1.807) is 43.3 Å². The van der Waals surface area contributed by atoms with Crippen molar-refractivity contribution in [2.75, 3.05) is 16.8 Å². The number of hydrogen-bond donors (Lipinski definition) is 3. The van der Waals surface area contributed by atoms with Gasteiger partial charge in [-0.2, -0.15) is 4.98 Å². The van der Waals surface area contributed by atoms with E-state index in [9.17, 15) is 8.42 Å². The zero-order valence-electron chi connectivity index (χ0n) is 13.6. The minimum Gasteiger partial charge on any atom is -0.368 e. The quantitative estimate of drug-likeness (QED) is 0.586. The summed E-state index contributed by atoms with van der Waals surface area (Å²) in [5.74, 6) is 0.514. The number of benzene rings is 2. The summed E-state index contributed by atoms with van der Waals surface area (Å²) in [6.45, 7) is 1.60. The van der Waals surface area contributed by atoms with Crippen molar-refractivity contribution in [1.82, 2.24) is 15.2 Å². The first-order valence-electron chi connectivity index (χ1n) is 7.57.